The molecule has 0 spiro atoms. The van der Waals surface area contributed by atoms with E-state index in [0.717, 1.165) is 4.44 Å². The van der Waals surface area contributed by atoms with Crippen molar-refractivity contribution in [2.24, 2.45) is 4.99 Å². The van der Waals surface area contributed by atoms with Crippen LogP contribution in [-0.4, -0.2) is 63.6 Å². The van der Waals surface area contributed by atoms with Gasteiger partial charge in [-0.15, -0.1) is 0 Å². The number of para-hydroxylation sites is 2. The van der Waals surface area contributed by atoms with Gasteiger partial charge in [-0.25, -0.2) is 0 Å². The maximum atomic E-state index is 12.7. The topological polar surface area (TPSA) is 54.7 Å². The fourth-order valence-corrected chi connectivity index (χ4v) is 7.85. The van der Waals surface area contributed by atoms with Crippen molar-refractivity contribution in [1.29, 1.82) is 0 Å². The van der Waals surface area contributed by atoms with Gasteiger partial charge >= 0.3 is 200 Å². The summed E-state index contributed by atoms with van der Waals surface area (Å²) in [7, 11) is 1.62. The molecular formula is C25H18N3O2Se2. The quantitative estimate of drug-likeness (QED) is 0.208. The summed E-state index contributed by atoms with van der Waals surface area (Å²) in [6, 6.07) is 17.3. The first-order valence-corrected chi connectivity index (χ1v) is 12.8. The van der Waals surface area contributed by atoms with Crippen molar-refractivity contribution in [2.45, 2.75) is 19.3 Å². The number of benzene rings is 2. The van der Waals surface area contributed by atoms with E-state index in [0.29, 0.717) is 4.73 Å². The zero-order valence-corrected chi connectivity index (χ0v) is 21.1. The van der Waals surface area contributed by atoms with Crippen LogP contribution in [0.15, 0.2) is 59.1 Å². The van der Waals surface area contributed by atoms with E-state index in [9.17, 15) is 9.59 Å². The molecule has 5 nitrogen and oxygen atoms in total. The van der Waals surface area contributed by atoms with Crippen molar-refractivity contribution in [3.8, 4) is 4.56 Å². The van der Waals surface area contributed by atoms with Crippen LogP contribution in [0.5, 0.6) is 0 Å². The van der Waals surface area contributed by atoms with Crippen molar-refractivity contribution < 1.29 is 9.59 Å². The molecule has 0 aliphatic carbocycles. The van der Waals surface area contributed by atoms with Crippen molar-refractivity contribution in [2.75, 3.05) is 7.05 Å². The third-order valence-electron chi connectivity index (χ3n) is 6.51. The second kappa shape index (κ2) is 6.66. The Kier molecular flexibility index (Phi) is 4.15. The molecule has 0 atom stereocenters. The summed E-state index contributed by atoms with van der Waals surface area (Å²) in [5, 5.41) is 2.51. The number of nitrogens with zero attached hydrogens (tertiary/aromatic N) is 3. The second-order valence-corrected chi connectivity index (χ2v) is 11.7. The molecule has 2 aliphatic heterocycles. The van der Waals surface area contributed by atoms with E-state index in [1.54, 1.807) is 13.1 Å². The Morgan fingerprint density at radius 1 is 1.03 bits per heavy atom. The SMILES string of the molecule is CN1C(=O)/C(=C/c2cc3c([se]2)-n2c4ccccc4c4cccc(c42)C3(C)C)C(=O)N=C1[Se]. The van der Waals surface area contributed by atoms with Gasteiger partial charge in [0.2, 0.25) is 0 Å². The van der Waals surface area contributed by atoms with Gasteiger partial charge in [-0.3, -0.25) is 0 Å². The molecule has 157 valence electrons. The van der Waals surface area contributed by atoms with Gasteiger partial charge in [0.15, 0.2) is 0 Å². The third-order valence-corrected chi connectivity index (χ3v) is 9.52. The molecular weight excluding hydrogens is 532 g/mol. The normalized spacial score (nSPS) is 18.5. The number of carbonyl (C=O) groups is 2. The number of aliphatic imine (C=N–C) groups is 1. The number of hydrogen-bond donors (Lipinski definition) is 0. The Bertz CT molecular complexity index is 1570. The Hall–Kier alpha value is -2.69. The van der Waals surface area contributed by atoms with E-state index in [1.165, 1.54) is 42.4 Å². The first kappa shape index (κ1) is 20.0. The summed E-state index contributed by atoms with van der Waals surface area (Å²) < 4.78 is 4.99. The molecule has 0 unspecified atom stereocenters. The van der Waals surface area contributed by atoms with Gasteiger partial charge in [0.25, 0.3) is 0 Å². The van der Waals surface area contributed by atoms with E-state index >= 15 is 0 Å². The molecule has 0 saturated heterocycles. The predicted octanol–water partition coefficient (Wildman–Crippen LogP) is 3.39. The van der Waals surface area contributed by atoms with Crippen LogP contribution < -0.4 is 0 Å². The first-order valence-electron chi connectivity index (χ1n) is 10.3. The van der Waals surface area contributed by atoms with E-state index in [4.69, 9.17) is 0 Å². The number of amidine groups is 1. The van der Waals surface area contributed by atoms with Gasteiger partial charge in [0.05, 0.1) is 0 Å². The Balaban J connectivity index is 1.64. The van der Waals surface area contributed by atoms with Crippen LogP contribution in [0, 0.1) is 0 Å². The van der Waals surface area contributed by atoms with Crippen LogP contribution in [-0.2, 0) is 15.0 Å². The molecule has 0 N–H and O–H groups in total. The molecule has 0 bridgehead atoms. The first-order chi connectivity index (χ1) is 15.3. The van der Waals surface area contributed by atoms with Crippen LogP contribution in [0.3, 0.4) is 0 Å². The number of fused-ring (bicyclic) bond motifs is 5. The number of aromatic nitrogens is 1. The van der Waals surface area contributed by atoms with Crippen molar-refractivity contribution in [1.82, 2.24) is 9.47 Å². The van der Waals surface area contributed by atoms with Gasteiger partial charge in [-0.1, -0.05) is 0 Å². The summed E-state index contributed by atoms with van der Waals surface area (Å²) in [6.45, 7) is 4.52. The molecule has 2 aromatic heterocycles. The van der Waals surface area contributed by atoms with Gasteiger partial charge in [-0.2, -0.15) is 0 Å². The van der Waals surface area contributed by atoms with Crippen LogP contribution in [0.25, 0.3) is 32.4 Å². The summed E-state index contributed by atoms with van der Waals surface area (Å²) >= 11 is 2.62. The third kappa shape index (κ3) is 2.54. The molecule has 2 aromatic carbocycles. The zero-order chi connectivity index (χ0) is 22.4. The number of likely N-dealkylation sites (N-methyl/N-ethyl adjacent to an activating group) is 1. The zero-order valence-electron chi connectivity index (χ0n) is 17.7. The predicted molar refractivity (Wildman–Crippen MR) is 129 cm³/mol. The monoisotopic (exact) mass is 552 g/mol. The summed E-state index contributed by atoms with van der Waals surface area (Å²) in [4.78, 5) is 30.6. The molecule has 2 amide bonds. The van der Waals surface area contributed by atoms with Crippen molar-refractivity contribution in [3.63, 3.8) is 0 Å². The van der Waals surface area contributed by atoms with Crippen LogP contribution in [0.2, 0.25) is 0 Å². The van der Waals surface area contributed by atoms with E-state index in [2.05, 4.69) is 88.0 Å². The van der Waals surface area contributed by atoms with E-state index < -0.39 is 5.91 Å². The van der Waals surface area contributed by atoms with Crippen LogP contribution >= 0.6 is 0 Å². The average Bonchev–Trinajstić information content (AvgIpc) is 3.34. The Morgan fingerprint density at radius 3 is 2.59 bits per heavy atom. The van der Waals surface area contributed by atoms with Gasteiger partial charge < -0.3 is 0 Å². The van der Waals surface area contributed by atoms with Gasteiger partial charge in [-0.05, 0) is 0 Å². The molecule has 6 rings (SSSR count). The molecule has 1 radical (unpaired) electrons. The fraction of sp³-hybridized carbons (Fsp3) is 0.160. The van der Waals surface area contributed by atoms with Crippen LogP contribution in [0.1, 0.15) is 29.4 Å². The standard InChI is InChI=1S/C25H18N3O2Se2/c1-25(2)17-9-6-8-15-14-7-4-5-10-19(14)28(20(15)17)23-18(25)12-13(32-23)11-16-21(29)26-24(31)27(3)22(16)30/h4-12H,1-3H3/b16-11+. The number of carbonyl (C=O) groups excluding carboxylic acids is 2. The molecule has 0 saturated carbocycles. The summed E-state index contributed by atoms with van der Waals surface area (Å²) in [5.74, 6) is -0.809. The van der Waals surface area contributed by atoms with Crippen LogP contribution in [0.4, 0.5) is 0 Å². The van der Waals surface area contributed by atoms with E-state index in [1.807, 2.05) is 0 Å². The summed E-state index contributed by atoms with van der Waals surface area (Å²) in [6.07, 6.45) is 1.75. The van der Waals surface area contributed by atoms with E-state index in [-0.39, 0.29) is 31.4 Å². The Labute approximate surface area is 199 Å². The molecule has 32 heavy (non-hydrogen) atoms. The summed E-state index contributed by atoms with van der Waals surface area (Å²) in [5.41, 5.74) is 4.96. The number of hydrogen-bond acceptors (Lipinski definition) is 2. The van der Waals surface area contributed by atoms with Gasteiger partial charge in [0.1, 0.15) is 0 Å². The minimum absolute atomic E-state index is 0.0523. The molecule has 4 aromatic rings. The van der Waals surface area contributed by atoms with Crippen molar-refractivity contribution in [3.05, 3.63) is 69.7 Å². The fourth-order valence-electron chi connectivity index (χ4n) is 4.81. The van der Waals surface area contributed by atoms with Crippen molar-refractivity contribution >= 4 is 74.9 Å². The molecule has 7 heteroatoms. The Morgan fingerprint density at radius 2 is 1.78 bits per heavy atom. The second-order valence-electron chi connectivity index (χ2n) is 8.67. The molecule has 4 heterocycles. The average molecular weight is 550 g/mol. The number of amides is 2. The minimum atomic E-state index is -0.486. The molecule has 0 fully saturated rings. The van der Waals surface area contributed by atoms with Gasteiger partial charge in [0, 0.05) is 0 Å². The maximum absolute atomic E-state index is 12.7. The number of rotatable bonds is 1. The molecule has 2 aliphatic rings.